The first-order valence-electron chi connectivity index (χ1n) is 7.33. The summed E-state index contributed by atoms with van der Waals surface area (Å²) < 4.78 is 0. The molecule has 0 aromatic carbocycles. The molecule has 3 aliphatic rings. The number of fused-ring (bicyclic) bond motifs is 2. The minimum atomic E-state index is -0.961. The van der Waals surface area contributed by atoms with Crippen LogP contribution in [-0.4, -0.2) is 40.6 Å². The van der Waals surface area contributed by atoms with Crippen LogP contribution in [0.5, 0.6) is 0 Å². The van der Waals surface area contributed by atoms with Gasteiger partial charge in [-0.15, -0.1) is 0 Å². The van der Waals surface area contributed by atoms with Crippen LogP contribution in [0.15, 0.2) is 0 Å². The molecule has 102 valence electrons. The predicted octanol–water partition coefficient (Wildman–Crippen LogP) is 1.44. The third-order valence-electron chi connectivity index (χ3n) is 5.34. The van der Waals surface area contributed by atoms with Crippen molar-refractivity contribution < 1.29 is 9.90 Å². The molecule has 4 nitrogen and oxygen atoms in total. The Labute approximate surface area is 109 Å². The first kappa shape index (κ1) is 12.4. The number of rotatable bonds is 2. The number of carboxylic acid groups (broad SMARTS) is 1. The molecule has 0 aromatic rings. The average molecular weight is 252 g/mol. The highest BCUT2D eigenvalue weighted by atomic mass is 16.4. The molecule has 1 aliphatic heterocycles. The molecule has 2 bridgehead atoms. The summed E-state index contributed by atoms with van der Waals surface area (Å²) in [5, 5.41) is 9.21. The summed E-state index contributed by atoms with van der Waals surface area (Å²) in [6.45, 7) is 2.35. The maximum Gasteiger partial charge on any atom is 0.323 e. The molecule has 3 rings (SSSR count). The van der Waals surface area contributed by atoms with Gasteiger partial charge in [-0.2, -0.15) is 0 Å². The predicted molar refractivity (Wildman–Crippen MR) is 69.2 cm³/mol. The SMILES string of the molecule is NC1(C(=O)O)CCC(N2CC3CCCC(C3)C2)C1. The molecule has 4 atom stereocenters. The third-order valence-corrected chi connectivity index (χ3v) is 5.34. The van der Waals surface area contributed by atoms with Gasteiger partial charge in [-0.25, -0.2) is 0 Å². The van der Waals surface area contributed by atoms with Crippen LogP contribution in [0.2, 0.25) is 0 Å². The van der Waals surface area contributed by atoms with Crippen LogP contribution in [0, 0.1) is 11.8 Å². The van der Waals surface area contributed by atoms with Gasteiger partial charge < -0.3 is 10.8 Å². The maximum absolute atomic E-state index is 11.2. The summed E-state index contributed by atoms with van der Waals surface area (Å²) >= 11 is 0. The van der Waals surface area contributed by atoms with Gasteiger partial charge in [-0.1, -0.05) is 6.42 Å². The van der Waals surface area contributed by atoms with Gasteiger partial charge in [-0.3, -0.25) is 9.69 Å². The van der Waals surface area contributed by atoms with Crippen LogP contribution in [0.25, 0.3) is 0 Å². The van der Waals surface area contributed by atoms with E-state index in [-0.39, 0.29) is 0 Å². The highest BCUT2D eigenvalue weighted by molar-refractivity contribution is 5.79. The fourth-order valence-corrected chi connectivity index (χ4v) is 4.32. The van der Waals surface area contributed by atoms with E-state index >= 15 is 0 Å². The summed E-state index contributed by atoms with van der Waals surface area (Å²) in [5.74, 6) is 0.896. The van der Waals surface area contributed by atoms with Crippen molar-refractivity contribution in [2.24, 2.45) is 17.6 Å². The van der Waals surface area contributed by atoms with Crippen molar-refractivity contribution in [2.45, 2.75) is 56.5 Å². The topological polar surface area (TPSA) is 66.6 Å². The molecule has 18 heavy (non-hydrogen) atoms. The summed E-state index contributed by atoms with van der Waals surface area (Å²) in [4.78, 5) is 13.8. The Morgan fingerprint density at radius 1 is 1.22 bits per heavy atom. The Kier molecular flexibility index (Phi) is 3.10. The quantitative estimate of drug-likeness (QED) is 0.780. The van der Waals surface area contributed by atoms with Crippen molar-refractivity contribution in [3.63, 3.8) is 0 Å². The zero-order valence-corrected chi connectivity index (χ0v) is 11.0. The van der Waals surface area contributed by atoms with E-state index in [2.05, 4.69) is 4.90 Å². The van der Waals surface area contributed by atoms with Gasteiger partial charge in [0.25, 0.3) is 0 Å². The second-order valence-electron chi connectivity index (χ2n) is 6.71. The van der Waals surface area contributed by atoms with Gasteiger partial charge in [0.15, 0.2) is 0 Å². The van der Waals surface area contributed by atoms with Crippen molar-refractivity contribution in [2.75, 3.05) is 13.1 Å². The molecule has 0 amide bonds. The standard InChI is InChI=1S/C14H24N2O2/c15-14(13(17)18)5-4-12(7-14)16-8-10-2-1-3-11(6-10)9-16/h10-12H,1-9,15H2,(H,17,18). The van der Waals surface area contributed by atoms with Gasteiger partial charge in [0.1, 0.15) is 5.54 Å². The molecule has 1 heterocycles. The van der Waals surface area contributed by atoms with Crippen LogP contribution in [-0.2, 0) is 4.79 Å². The third kappa shape index (κ3) is 2.16. The van der Waals surface area contributed by atoms with Crippen LogP contribution in [0.1, 0.15) is 44.9 Å². The van der Waals surface area contributed by atoms with Gasteiger partial charge >= 0.3 is 5.97 Å². The smallest absolute Gasteiger partial charge is 0.323 e. The average Bonchev–Trinajstić information content (AvgIpc) is 2.73. The molecule has 1 saturated heterocycles. The summed E-state index contributed by atoms with van der Waals surface area (Å²) in [6, 6.07) is 0.412. The Morgan fingerprint density at radius 2 is 1.89 bits per heavy atom. The van der Waals surface area contributed by atoms with Crippen LogP contribution in [0.3, 0.4) is 0 Å². The first-order valence-corrected chi connectivity index (χ1v) is 7.33. The molecule has 3 N–H and O–H groups in total. The van der Waals surface area contributed by atoms with E-state index in [4.69, 9.17) is 5.73 Å². The van der Waals surface area contributed by atoms with E-state index in [1.54, 1.807) is 0 Å². The molecule has 0 radical (unpaired) electrons. The fourth-order valence-electron chi connectivity index (χ4n) is 4.32. The molecular formula is C14H24N2O2. The normalized spacial score (nSPS) is 45.1. The molecular weight excluding hydrogens is 228 g/mol. The lowest BCUT2D eigenvalue weighted by atomic mass is 9.77. The number of likely N-dealkylation sites (tertiary alicyclic amines) is 1. The molecule has 2 aliphatic carbocycles. The Hall–Kier alpha value is -0.610. The lowest BCUT2D eigenvalue weighted by molar-refractivity contribution is -0.143. The number of nitrogens with two attached hydrogens (primary N) is 1. The van der Waals surface area contributed by atoms with Crippen molar-refractivity contribution in [3.8, 4) is 0 Å². The molecule has 2 saturated carbocycles. The van der Waals surface area contributed by atoms with E-state index in [0.29, 0.717) is 18.9 Å². The molecule has 0 spiro atoms. The zero-order chi connectivity index (χ0) is 12.8. The number of nitrogens with zero attached hydrogens (tertiary/aromatic N) is 1. The van der Waals surface area contributed by atoms with E-state index in [0.717, 1.165) is 18.3 Å². The van der Waals surface area contributed by atoms with Gasteiger partial charge in [0, 0.05) is 19.1 Å². The van der Waals surface area contributed by atoms with Gasteiger partial charge in [0.05, 0.1) is 0 Å². The number of piperidine rings is 1. The number of carboxylic acids is 1. The minimum absolute atomic E-state index is 0.412. The number of carbonyl (C=O) groups is 1. The van der Waals surface area contributed by atoms with Crippen LogP contribution < -0.4 is 5.73 Å². The van der Waals surface area contributed by atoms with E-state index in [9.17, 15) is 9.90 Å². The summed E-state index contributed by atoms with van der Waals surface area (Å²) in [7, 11) is 0. The lowest BCUT2D eigenvalue weighted by Crippen LogP contribution is -2.50. The van der Waals surface area contributed by atoms with Crippen molar-refractivity contribution in [1.29, 1.82) is 0 Å². The summed E-state index contributed by atoms with van der Waals surface area (Å²) in [5.41, 5.74) is 5.03. The van der Waals surface area contributed by atoms with Crippen molar-refractivity contribution >= 4 is 5.97 Å². The Balaban J connectivity index is 1.64. The zero-order valence-electron chi connectivity index (χ0n) is 11.0. The fraction of sp³-hybridized carbons (Fsp3) is 0.929. The van der Waals surface area contributed by atoms with Gasteiger partial charge in [0.2, 0.25) is 0 Å². The van der Waals surface area contributed by atoms with E-state index in [1.165, 1.54) is 38.8 Å². The second kappa shape index (κ2) is 4.49. The maximum atomic E-state index is 11.2. The minimum Gasteiger partial charge on any atom is -0.480 e. The van der Waals surface area contributed by atoms with Crippen LogP contribution >= 0.6 is 0 Å². The van der Waals surface area contributed by atoms with E-state index < -0.39 is 11.5 Å². The highest BCUT2D eigenvalue weighted by Gasteiger charge is 2.45. The molecule has 4 unspecified atom stereocenters. The van der Waals surface area contributed by atoms with Crippen molar-refractivity contribution in [3.05, 3.63) is 0 Å². The number of hydrogen-bond donors (Lipinski definition) is 2. The van der Waals surface area contributed by atoms with Crippen LogP contribution in [0.4, 0.5) is 0 Å². The highest BCUT2D eigenvalue weighted by Crippen LogP contribution is 2.39. The lowest BCUT2D eigenvalue weighted by Gasteiger charge is -2.44. The molecule has 0 aromatic heterocycles. The summed E-state index contributed by atoms with van der Waals surface area (Å²) in [6.07, 6.45) is 7.77. The monoisotopic (exact) mass is 252 g/mol. The number of aliphatic carboxylic acids is 1. The van der Waals surface area contributed by atoms with Gasteiger partial charge in [-0.05, 0) is 50.4 Å². The largest absolute Gasteiger partial charge is 0.480 e. The first-order chi connectivity index (χ1) is 8.57. The molecule has 4 heteroatoms. The Morgan fingerprint density at radius 3 is 2.44 bits per heavy atom. The van der Waals surface area contributed by atoms with Crippen molar-refractivity contribution in [1.82, 2.24) is 4.90 Å². The molecule has 3 fully saturated rings. The second-order valence-corrected chi connectivity index (χ2v) is 6.71. The van der Waals surface area contributed by atoms with E-state index in [1.807, 2.05) is 0 Å². The Bertz CT molecular complexity index is 335. The number of hydrogen-bond acceptors (Lipinski definition) is 3.